The predicted molar refractivity (Wildman–Crippen MR) is 84.8 cm³/mol. The van der Waals surface area contributed by atoms with Gasteiger partial charge < -0.3 is 4.74 Å². The van der Waals surface area contributed by atoms with Crippen molar-refractivity contribution >= 4 is 11.8 Å². The van der Waals surface area contributed by atoms with Gasteiger partial charge in [-0.3, -0.25) is 25.1 Å². The molecule has 0 aliphatic heterocycles. The van der Waals surface area contributed by atoms with Crippen molar-refractivity contribution in [3.63, 3.8) is 0 Å². The first-order valence-electron chi connectivity index (χ1n) is 7.20. The molecule has 0 fully saturated rings. The Balaban J connectivity index is 1.90. The number of hydrazine groups is 1. The number of hydrogen-bond donors (Lipinski definition) is 2. The number of nitrogens with zero attached hydrogens (tertiary/aromatic N) is 2. The van der Waals surface area contributed by atoms with Gasteiger partial charge in [0.2, 0.25) is 0 Å². The summed E-state index contributed by atoms with van der Waals surface area (Å²) in [6, 6.07) is 5.65. The van der Waals surface area contributed by atoms with Crippen molar-refractivity contribution < 1.29 is 14.3 Å². The first kappa shape index (κ1) is 16.5. The summed E-state index contributed by atoms with van der Waals surface area (Å²) in [6.07, 6.45) is 2.22. The van der Waals surface area contributed by atoms with E-state index >= 15 is 0 Å². The van der Waals surface area contributed by atoms with Gasteiger partial charge in [0, 0.05) is 13.2 Å². The van der Waals surface area contributed by atoms with Gasteiger partial charge in [0.15, 0.2) is 6.10 Å². The zero-order chi connectivity index (χ0) is 17.0. The van der Waals surface area contributed by atoms with Crippen LogP contribution in [0.15, 0.2) is 30.6 Å². The van der Waals surface area contributed by atoms with Crippen LogP contribution < -0.4 is 15.6 Å². The highest BCUT2D eigenvalue weighted by molar-refractivity contribution is 5.95. The second kappa shape index (κ2) is 6.95. The van der Waals surface area contributed by atoms with E-state index in [9.17, 15) is 9.59 Å². The number of aryl methyl sites for hydroxylation is 2. The standard InChI is InChI=1S/C16H20N4O3/c1-10-6-5-7-14(11(10)2)23-12(3)15(21)18-19-16(22)13-8-17-20(4)9-13/h5-9,12H,1-4H3,(H,18,21)(H,19,22)/t12-/m0/s1. The summed E-state index contributed by atoms with van der Waals surface area (Å²) in [4.78, 5) is 23.8. The molecule has 0 radical (unpaired) electrons. The fraction of sp³-hybridized carbons (Fsp3) is 0.312. The van der Waals surface area contributed by atoms with Crippen molar-refractivity contribution in [1.29, 1.82) is 0 Å². The molecule has 0 aliphatic rings. The summed E-state index contributed by atoms with van der Waals surface area (Å²) in [5, 5.41) is 3.89. The van der Waals surface area contributed by atoms with E-state index in [1.165, 1.54) is 10.9 Å². The summed E-state index contributed by atoms with van der Waals surface area (Å²) >= 11 is 0. The lowest BCUT2D eigenvalue weighted by atomic mass is 10.1. The van der Waals surface area contributed by atoms with Crippen LogP contribution in [0.1, 0.15) is 28.4 Å². The van der Waals surface area contributed by atoms with Crippen LogP contribution in [0.3, 0.4) is 0 Å². The van der Waals surface area contributed by atoms with Gasteiger partial charge in [0.1, 0.15) is 5.75 Å². The van der Waals surface area contributed by atoms with Crippen LogP contribution in [-0.2, 0) is 11.8 Å². The normalized spacial score (nSPS) is 11.7. The van der Waals surface area contributed by atoms with Gasteiger partial charge in [-0.1, -0.05) is 12.1 Å². The summed E-state index contributed by atoms with van der Waals surface area (Å²) in [5.41, 5.74) is 7.10. The number of carbonyl (C=O) groups is 2. The van der Waals surface area contributed by atoms with Crippen LogP contribution in [-0.4, -0.2) is 27.7 Å². The molecule has 122 valence electrons. The molecule has 0 spiro atoms. The lowest BCUT2D eigenvalue weighted by molar-refractivity contribution is -0.128. The molecule has 1 heterocycles. The predicted octanol–water partition coefficient (Wildman–Crippen LogP) is 1.27. The molecule has 1 aromatic heterocycles. The Morgan fingerprint density at radius 3 is 2.65 bits per heavy atom. The minimum absolute atomic E-state index is 0.357. The highest BCUT2D eigenvalue weighted by atomic mass is 16.5. The molecular formula is C16H20N4O3. The first-order valence-corrected chi connectivity index (χ1v) is 7.20. The molecule has 1 atom stereocenters. The lowest BCUT2D eigenvalue weighted by Crippen LogP contribution is -2.47. The molecule has 2 rings (SSSR count). The number of rotatable bonds is 4. The number of ether oxygens (including phenoxy) is 1. The van der Waals surface area contributed by atoms with Gasteiger partial charge in [-0.15, -0.1) is 0 Å². The minimum Gasteiger partial charge on any atom is -0.481 e. The molecule has 23 heavy (non-hydrogen) atoms. The third-order valence-corrected chi connectivity index (χ3v) is 3.49. The summed E-state index contributed by atoms with van der Waals surface area (Å²) in [6.45, 7) is 5.52. The van der Waals surface area contributed by atoms with Gasteiger partial charge in [0.25, 0.3) is 11.8 Å². The zero-order valence-electron chi connectivity index (χ0n) is 13.6. The second-order valence-corrected chi connectivity index (χ2v) is 5.30. The van der Waals surface area contributed by atoms with Crippen molar-refractivity contribution in [3.05, 3.63) is 47.3 Å². The maximum atomic E-state index is 12.0. The third-order valence-electron chi connectivity index (χ3n) is 3.49. The molecule has 2 N–H and O–H groups in total. The van der Waals surface area contributed by atoms with Crippen LogP contribution in [0.4, 0.5) is 0 Å². The number of benzene rings is 1. The van der Waals surface area contributed by atoms with E-state index in [0.29, 0.717) is 11.3 Å². The highest BCUT2D eigenvalue weighted by Gasteiger charge is 2.17. The second-order valence-electron chi connectivity index (χ2n) is 5.30. The Kier molecular flexibility index (Phi) is 5.00. The number of hydrogen-bond acceptors (Lipinski definition) is 4. The summed E-state index contributed by atoms with van der Waals surface area (Å²) in [7, 11) is 1.70. The Labute approximate surface area is 134 Å². The fourth-order valence-electron chi connectivity index (χ4n) is 1.93. The largest absolute Gasteiger partial charge is 0.481 e. The van der Waals surface area contributed by atoms with Gasteiger partial charge in [0.05, 0.1) is 11.8 Å². The van der Waals surface area contributed by atoms with Crippen LogP contribution in [0.5, 0.6) is 5.75 Å². The van der Waals surface area contributed by atoms with E-state index < -0.39 is 17.9 Å². The Morgan fingerprint density at radius 1 is 1.26 bits per heavy atom. The summed E-state index contributed by atoms with van der Waals surface area (Å²) in [5.74, 6) is -0.236. The zero-order valence-corrected chi connectivity index (χ0v) is 13.6. The molecule has 0 saturated heterocycles. The smallest absolute Gasteiger partial charge is 0.279 e. The lowest BCUT2D eigenvalue weighted by Gasteiger charge is -2.17. The maximum Gasteiger partial charge on any atom is 0.279 e. The monoisotopic (exact) mass is 316 g/mol. The van der Waals surface area contributed by atoms with Crippen molar-refractivity contribution in [2.24, 2.45) is 7.05 Å². The topological polar surface area (TPSA) is 85.2 Å². The Bertz CT molecular complexity index is 724. The van der Waals surface area contributed by atoms with E-state index in [1.54, 1.807) is 26.2 Å². The average molecular weight is 316 g/mol. The fourth-order valence-corrected chi connectivity index (χ4v) is 1.93. The first-order chi connectivity index (χ1) is 10.9. The van der Waals surface area contributed by atoms with Gasteiger partial charge in [-0.2, -0.15) is 5.10 Å². The molecule has 0 unspecified atom stereocenters. The number of nitrogens with one attached hydrogen (secondary N) is 2. The van der Waals surface area contributed by atoms with E-state index in [1.807, 2.05) is 26.0 Å². The Hall–Kier alpha value is -2.83. The van der Waals surface area contributed by atoms with Gasteiger partial charge in [-0.05, 0) is 38.0 Å². The average Bonchev–Trinajstić information content (AvgIpc) is 2.95. The van der Waals surface area contributed by atoms with Gasteiger partial charge in [-0.25, -0.2) is 0 Å². The minimum atomic E-state index is -0.746. The number of aromatic nitrogens is 2. The summed E-state index contributed by atoms with van der Waals surface area (Å²) < 4.78 is 7.15. The molecule has 7 heteroatoms. The van der Waals surface area contributed by atoms with E-state index in [0.717, 1.165) is 11.1 Å². The van der Waals surface area contributed by atoms with Gasteiger partial charge >= 0.3 is 0 Å². The van der Waals surface area contributed by atoms with Crippen LogP contribution >= 0.6 is 0 Å². The number of carbonyl (C=O) groups excluding carboxylic acids is 2. The van der Waals surface area contributed by atoms with Crippen molar-refractivity contribution in [3.8, 4) is 5.75 Å². The molecule has 0 aliphatic carbocycles. The molecule has 7 nitrogen and oxygen atoms in total. The molecule has 0 bridgehead atoms. The van der Waals surface area contributed by atoms with Crippen molar-refractivity contribution in [2.75, 3.05) is 0 Å². The molecular weight excluding hydrogens is 296 g/mol. The van der Waals surface area contributed by atoms with E-state index in [4.69, 9.17) is 4.74 Å². The van der Waals surface area contributed by atoms with E-state index in [2.05, 4.69) is 16.0 Å². The SMILES string of the molecule is Cc1cccc(O[C@@H](C)C(=O)NNC(=O)c2cnn(C)c2)c1C. The highest BCUT2D eigenvalue weighted by Crippen LogP contribution is 2.21. The maximum absolute atomic E-state index is 12.0. The third kappa shape index (κ3) is 4.09. The van der Waals surface area contributed by atoms with Crippen molar-refractivity contribution in [2.45, 2.75) is 26.9 Å². The quantitative estimate of drug-likeness (QED) is 0.832. The molecule has 0 saturated carbocycles. The van der Waals surface area contributed by atoms with Crippen LogP contribution in [0.25, 0.3) is 0 Å². The Morgan fingerprint density at radius 2 is 2.00 bits per heavy atom. The molecule has 2 amide bonds. The molecule has 1 aromatic carbocycles. The van der Waals surface area contributed by atoms with Crippen LogP contribution in [0.2, 0.25) is 0 Å². The van der Waals surface area contributed by atoms with Crippen LogP contribution in [0, 0.1) is 13.8 Å². The molecule has 2 aromatic rings. The van der Waals surface area contributed by atoms with E-state index in [-0.39, 0.29) is 0 Å². The van der Waals surface area contributed by atoms with Crippen molar-refractivity contribution in [1.82, 2.24) is 20.6 Å². The number of amides is 2.